The summed E-state index contributed by atoms with van der Waals surface area (Å²) in [7, 11) is 0. The molecule has 0 unspecified atom stereocenters. The summed E-state index contributed by atoms with van der Waals surface area (Å²) < 4.78 is 5.39. The van der Waals surface area contributed by atoms with Crippen molar-refractivity contribution in [2.75, 3.05) is 11.9 Å². The molecule has 1 aromatic carbocycles. The van der Waals surface area contributed by atoms with E-state index in [4.69, 9.17) is 62.7 Å². The van der Waals surface area contributed by atoms with Crippen molar-refractivity contribution in [3.63, 3.8) is 0 Å². The van der Waals surface area contributed by atoms with Gasteiger partial charge in [-0.25, -0.2) is 4.98 Å². The van der Waals surface area contributed by atoms with Gasteiger partial charge in [-0.3, -0.25) is 10.1 Å². The quantitative estimate of drug-likeness (QED) is 0.430. The fourth-order valence-corrected chi connectivity index (χ4v) is 4.71. The van der Waals surface area contributed by atoms with Gasteiger partial charge in [0, 0.05) is 4.88 Å². The zero-order chi connectivity index (χ0) is 18.1. The Morgan fingerprint density at radius 3 is 2.24 bits per heavy atom. The fourth-order valence-electron chi connectivity index (χ4n) is 2.41. The summed E-state index contributed by atoms with van der Waals surface area (Å²) in [6.45, 7) is -0.321. The maximum atomic E-state index is 12.1. The number of ether oxygens (including phenoxy) is 1. The lowest BCUT2D eigenvalue weighted by Crippen LogP contribution is -2.20. The number of aryl methyl sites for hydroxylation is 2. The molecule has 0 saturated heterocycles. The van der Waals surface area contributed by atoms with Crippen molar-refractivity contribution in [2.45, 2.75) is 25.7 Å². The van der Waals surface area contributed by atoms with Crippen LogP contribution in [0.25, 0.3) is 0 Å². The normalized spacial score (nSPS) is 13.5. The van der Waals surface area contributed by atoms with Gasteiger partial charge in [0.05, 0.1) is 20.8 Å². The van der Waals surface area contributed by atoms with Gasteiger partial charge in [0.1, 0.15) is 10.0 Å². The molecule has 1 amide bonds. The van der Waals surface area contributed by atoms with Gasteiger partial charge >= 0.3 is 0 Å². The number of rotatable bonds is 4. The minimum absolute atomic E-state index is 0.00132. The number of carbonyl (C=O) groups excluding carboxylic acids is 1. The second-order valence-corrected chi connectivity index (χ2v) is 8.31. The van der Waals surface area contributed by atoms with Gasteiger partial charge in [-0.05, 0) is 25.7 Å². The van der Waals surface area contributed by atoms with E-state index in [1.54, 1.807) is 0 Å². The molecular formula is C15H11Cl5N2O2S. The van der Waals surface area contributed by atoms with Gasteiger partial charge in [0.15, 0.2) is 17.5 Å². The van der Waals surface area contributed by atoms with Gasteiger partial charge in [-0.1, -0.05) is 58.0 Å². The van der Waals surface area contributed by atoms with E-state index in [2.05, 4.69) is 10.3 Å². The summed E-state index contributed by atoms with van der Waals surface area (Å²) >= 11 is 31.5. The Kier molecular flexibility index (Phi) is 6.24. The van der Waals surface area contributed by atoms with Crippen LogP contribution in [0.4, 0.5) is 5.13 Å². The van der Waals surface area contributed by atoms with Crippen LogP contribution in [0.2, 0.25) is 25.1 Å². The van der Waals surface area contributed by atoms with Crippen molar-refractivity contribution in [2.24, 2.45) is 0 Å². The van der Waals surface area contributed by atoms with Crippen LogP contribution in [0.3, 0.4) is 0 Å². The first kappa shape index (κ1) is 19.3. The highest BCUT2D eigenvalue weighted by Crippen LogP contribution is 2.48. The molecule has 0 saturated carbocycles. The minimum atomic E-state index is -0.388. The summed E-state index contributed by atoms with van der Waals surface area (Å²) in [5.74, 6) is -0.378. The van der Waals surface area contributed by atoms with Crippen LogP contribution in [0.15, 0.2) is 0 Å². The van der Waals surface area contributed by atoms with Crippen LogP contribution in [0.5, 0.6) is 5.75 Å². The summed E-state index contributed by atoms with van der Waals surface area (Å²) in [4.78, 5) is 17.8. The van der Waals surface area contributed by atoms with Crippen LogP contribution in [-0.4, -0.2) is 17.5 Å². The molecule has 0 fully saturated rings. The molecule has 134 valence electrons. The summed E-state index contributed by atoms with van der Waals surface area (Å²) in [5, 5.41) is 3.33. The first-order valence-electron chi connectivity index (χ1n) is 7.31. The van der Waals surface area contributed by atoms with Crippen LogP contribution < -0.4 is 10.1 Å². The number of anilines is 1. The molecule has 25 heavy (non-hydrogen) atoms. The molecule has 1 aliphatic carbocycles. The molecule has 0 atom stereocenters. The fraction of sp³-hybridized carbons (Fsp3) is 0.333. The summed E-state index contributed by atoms with van der Waals surface area (Å²) in [6.07, 6.45) is 4.24. The van der Waals surface area contributed by atoms with Crippen molar-refractivity contribution >= 4 is 80.4 Å². The van der Waals surface area contributed by atoms with E-state index in [9.17, 15) is 4.79 Å². The molecule has 0 radical (unpaired) electrons. The number of benzene rings is 1. The highest BCUT2D eigenvalue weighted by Gasteiger charge is 2.22. The second-order valence-electron chi connectivity index (χ2n) is 5.33. The lowest BCUT2D eigenvalue weighted by molar-refractivity contribution is -0.118. The van der Waals surface area contributed by atoms with Gasteiger partial charge in [0.25, 0.3) is 5.91 Å². The first-order chi connectivity index (χ1) is 11.9. The Morgan fingerprint density at radius 2 is 1.60 bits per heavy atom. The summed E-state index contributed by atoms with van der Waals surface area (Å²) in [6, 6.07) is 0. The highest BCUT2D eigenvalue weighted by atomic mass is 35.5. The number of hydrogen-bond donors (Lipinski definition) is 1. The predicted octanol–water partition coefficient (Wildman–Crippen LogP) is 6.31. The number of carbonyl (C=O) groups is 1. The number of nitrogens with zero attached hydrogens (tertiary/aromatic N) is 1. The van der Waals surface area contributed by atoms with E-state index >= 15 is 0 Å². The van der Waals surface area contributed by atoms with Crippen molar-refractivity contribution in [1.82, 2.24) is 4.98 Å². The van der Waals surface area contributed by atoms with Crippen LogP contribution in [-0.2, 0) is 17.6 Å². The number of amides is 1. The number of aromatic nitrogens is 1. The Morgan fingerprint density at radius 1 is 1.00 bits per heavy atom. The molecule has 0 aliphatic heterocycles. The number of halogens is 5. The van der Waals surface area contributed by atoms with Crippen molar-refractivity contribution < 1.29 is 9.53 Å². The lowest BCUT2D eigenvalue weighted by atomic mass is 10.0. The van der Waals surface area contributed by atoms with E-state index in [0.29, 0.717) is 5.13 Å². The third-order valence-electron chi connectivity index (χ3n) is 3.61. The molecule has 2 aromatic rings. The highest BCUT2D eigenvalue weighted by molar-refractivity contribution is 7.15. The van der Waals surface area contributed by atoms with Crippen molar-refractivity contribution in [3.05, 3.63) is 35.7 Å². The van der Waals surface area contributed by atoms with Gasteiger partial charge in [-0.2, -0.15) is 0 Å². The molecule has 3 rings (SSSR count). The Bertz CT molecular complexity index is 787. The van der Waals surface area contributed by atoms with E-state index < -0.39 is 0 Å². The lowest BCUT2D eigenvalue weighted by Gasteiger charge is -2.13. The molecule has 10 heteroatoms. The second kappa shape index (κ2) is 8.07. The monoisotopic (exact) mass is 458 g/mol. The van der Waals surface area contributed by atoms with Gasteiger partial charge in [-0.15, -0.1) is 11.3 Å². The maximum absolute atomic E-state index is 12.1. The largest absolute Gasteiger partial charge is 0.481 e. The van der Waals surface area contributed by atoms with Crippen LogP contribution >= 0.6 is 69.3 Å². The number of nitrogens with one attached hydrogen (secondary N) is 1. The number of thiazole rings is 1. The standard InChI is InChI=1S/C15H11Cl5N2O2S/c16-9-10(17)12(19)14(13(20)11(9)18)24-5-8(23)22-15-21-6-3-1-2-4-7(6)25-15/h1-5H2,(H,21,22,23). The number of fused-ring (bicyclic) bond motifs is 1. The van der Waals surface area contributed by atoms with Crippen LogP contribution in [0, 0.1) is 0 Å². The third-order valence-corrected chi connectivity index (χ3v) is 6.92. The maximum Gasteiger partial charge on any atom is 0.264 e. The van der Waals surface area contributed by atoms with Crippen molar-refractivity contribution in [3.8, 4) is 5.75 Å². The minimum Gasteiger partial charge on any atom is -0.481 e. The molecule has 1 aliphatic rings. The first-order valence-corrected chi connectivity index (χ1v) is 10.0. The van der Waals surface area contributed by atoms with E-state index in [1.807, 2.05) is 0 Å². The third kappa shape index (κ3) is 4.12. The van der Waals surface area contributed by atoms with Gasteiger partial charge in [0.2, 0.25) is 0 Å². The van der Waals surface area contributed by atoms with Gasteiger partial charge < -0.3 is 4.74 Å². The Labute approximate surface area is 173 Å². The van der Waals surface area contributed by atoms with E-state index in [1.165, 1.54) is 16.2 Å². The predicted molar refractivity (Wildman–Crippen MR) is 104 cm³/mol. The zero-order valence-electron chi connectivity index (χ0n) is 12.6. The SMILES string of the molecule is O=C(COc1c(Cl)c(Cl)c(Cl)c(Cl)c1Cl)Nc1nc2c(s1)CCCC2. The smallest absolute Gasteiger partial charge is 0.264 e. The number of hydrogen-bond acceptors (Lipinski definition) is 4. The average molecular weight is 461 g/mol. The van der Waals surface area contributed by atoms with E-state index in [-0.39, 0.29) is 43.4 Å². The van der Waals surface area contributed by atoms with E-state index in [0.717, 1.165) is 31.4 Å². The average Bonchev–Trinajstić information content (AvgIpc) is 3.00. The molecule has 0 spiro atoms. The van der Waals surface area contributed by atoms with Crippen molar-refractivity contribution in [1.29, 1.82) is 0 Å². The molecule has 1 aromatic heterocycles. The molecule has 0 bridgehead atoms. The molecular weight excluding hydrogens is 450 g/mol. The summed E-state index contributed by atoms with van der Waals surface area (Å²) in [5.41, 5.74) is 1.06. The Balaban J connectivity index is 1.68. The topological polar surface area (TPSA) is 51.2 Å². The molecule has 1 N–H and O–H groups in total. The zero-order valence-corrected chi connectivity index (χ0v) is 17.2. The van der Waals surface area contributed by atoms with Crippen LogP contribution in [0.1, 0.15) is 23.4 Å². The Hall–Kier alpha value is -0.430. The molecule has 1 heterocycles. The molecule has 4 nitrogen and oxygen atoms in total.